The van der Waals surface area contributed by atoms with Crippen molar-refractivity contribution < 1.29 is 9.90 Å². The fraction of sp³-hybridized carbons (Fsp3) is 0.211. The molecule has 3 aromatic rings. The monoisotopic (exact) mass is 340 g/mol. The largest absolute Gasteiger partial charge is 0.478 e. The first-order valence-corrected chi connectivity index (χ1v) is 8.39. The van der Waals surface area contributed by atoms with E-state index in [9.17, 15) is 9.90 Å². The van der Waals surface area contributed by atoms with Crippen LogP contribution >= 0.6 is 11.6 Å². The number of carboxylic acids is 1. The van der Waals surface area contributed by atoms with Crippen LogP contribution in [0.2, 0.25) is 5.02 Å². The van der Waals surface area contributed by atoms with E-state index in [-0.39, 0.29) is 5.56 Å². The number of aromatic carboxylic acids is 1. The van der Waals surface area contributed by atoms with Crippen molar-refractivity contribution in [1.29, 1.82) is 0 Å². The second-order valence-corrected chi connectivity index (χ2v) is 6.56. The quantitative estimate of drug-likeness (QED) is 0.652. The number of hydrogen-bond donors (Lipinski definition) is 3. The fourth-order valence-corrected chi connectivity index (χ4v) is 3.68. The van der Waals surface area contributed by atoms with Crippen LogP contribution in [-0.2, 0) is 0 Å². The highest BCUT2D eigenvalue weighted by molar-refractivity contribution is 6.34. The van der Waals surface area contributed by atoms with Crippen LogP contribution in [0.15, 0.2) is 42.6 Å². The molecular weight excluding hydrogens is 324 g/mol. The Labute approximate surface area is 144 Å². The van der Waals surface area contributed by atoms with Crippen molar-refractivity contribution in [2.75, 3.05) is 6.54 Å². The van der Waals surface area contributed by atoms with Gasteiger partial charge in [0.2, 0.25) is 0 Å². The molecule has 0 radical (unpaired) electrons. The maximum Gasteiger partial charge on any atom is 0.337 e. The topological polar surface area (TPSA) is 65.1 Å². The van der Waals surface area contributed by atoms with Crippen molar-refractivity contribution >= 4 is 28.5 Å². The molecule has 0 unspecified atom stereocenters. The van der Waals surface area contributed by atoms with E-state index in [1.165, 1.54) is 18.2 Å². The molecule has 0 saturated carbocycles. The van der Waals surface area contributed by atoms with Gasteiger partial charge in [0.1, 0.15) is 0 Å². The summed E-state index contributed by atoms with van der Waals surface area (Å²) in [6.45, 7) is 1.07. The third-order valence-electron chi connectivity index (χ3n) is 4.68. The molecule has 0 aliphatic carbocycles. The molecule has 5 heteroatoms. The molecule has 1 aromatic heterocycles. The van der Waals surface area contributed by atoms with Crippen LogP contribution in [0.3, 0.4) is 0 Å². The van der Waals surface area contributed by atoms with Crippen LogP contribution in [-0.4, -0.2) is 22.6 Å². The normalized spacial score (nSPS) is 17.5. The molecule has 0 spiro atoms. The van der Waals surface area contributed by atoms with Gasteiger partial charge in [-0.15, -0.1) is 0 Å². The van der Waals surface area contributed by atoms with Gasteiger partial charge in [-0.1, -0.05) is 35.9 Å². The van der Waals surface area contributed by atoms with Gasteiger partial charge in [-0.3, -0.25) is 0 Å². The Balaban J connectivity index is 1.76. The number of nitrogens with one attached hydrogen (secondary N) is 2. The number of rotatable bonds is 3. The highest BCUT2D eigenvalue weighted by atomic mass is 35.5. The Morgan fingerprint density at radius 1 is 1.21 bits per heavy atom. The summed E-state index contributed by atoms with van der Waals surface area (Å²) in [5, 5.41) is 14.1. The van der Waals surface area contributed by atoms with E-state index in [4.69, 9.17) is 11.6 Å². The lowest BCUT2D eigenvalue weighted by atomic mass is 9.98. The third-order valence-corrected chi connectivity index (χ3v) is 5.00. The molecule has 1 aliphatic rings. The number of hydrogen-bond acceptors (Lipinski definition) is 2. The number of H-pyrrole nitrogens is 1. The van der Waals surface area contributed by atoms with Crippen LogP contribution in [0.4, 0.5) is 0 Å². The molecule has 122 valence electrons. The maximum atomic E-state index is 11.3. The Bertz CT molecular complexity index is 909. The Morgan fingerprint density at radius 2 is 2.00 bits per heavy atom. The summed E-state index contributed by atoms with van der Waals surface area (Å²) >= 11 is 6.41. The highest BCUT2D eigenvalue weighted by Crippen LogP contribution is 2.34. The summed E-state index contributed by atoms with van der Waals surface area (Å²) in [7, 11) is 0. The second kappa shape index (κ2) is 5.96. The Kier molecular flexibility index (Phi) is 3.79. The van der Waals surface area contributed by atoms with Gasteiger partial charge < -0.3 is 15.4 Å². The smallest absolute Gasteiger partial charge is 0.337 e. The molecule has 24 heavy (non-hydrogen) atoms. The van der Waals surface area contributed by atoms with E-state index < -0.39 is 5.97 Å². The first-order valence-electron chi connectivity index (χ1n) is 8.01. The summed E-state index contributed by atoms with van der Waals surface area (Å²) in [5.41, 5.74) is 4.10. The lowest BCUT2D eigenvalue weighted by Crippen LogP contribution is -2.12. The van der Waals surface area contributed by atoms with Crippen molar-refractivity contribution in [3.05, 3.63) is 58.7 Å². The van der Waals surface area contributed by atoms with Crippen molar-refractivity contribution in [2.24, 2.45) is 0 Å². The van der Waals surface area contributed by atoms with E-state index in [1.54, 1.807) is 6.07 Å². The minimum absolute atomic E-state index is 0.259. The van der Waals surface area contributed by atoms with Gasteiger partial charge in [-0.25, -0.2) is 4.79 Å². The Hall–Kier alpha value is -2.30. The van der Waals surface area contributed by atoms with Crippen LogP contribution in [0.5, 0.6) is 0 Å². The van der Waals surface area contributed by atoms with E-state index in [2.05, 4.69) is 34.6 Å². The van der Waals surface area contributed by atoms with E-state index in [1.807, 2.05) is 6.07 Å². The molecule has 1 aliphatic heterocycles. The van der Waals surface area contributed by atoms with Crippen molar-refractivity contribution in [1.82, 2.24) is 10.3 Å². The summed E-state index contributed by atoms with van der Waals surface area (Å²) < 4.78 is 0. The maximum absolute atomic E-state index is 11.3. The lowest BCUT2D eigenvalue weighted by Gasteiger charge is -2.12. The molecule has 0 bridgehead atoms. The van der Waals surface area contributed by atoms with Crippen molar-refractivity contribution in [2.45, 2.75) is 18.9 Å². The van der Waals surface area contributed by atoms with Gasteiger partial charge in [0, 0.05) is 28.7 Å². The summed E-state index contributed by atoms with van der Waals surface area (Å²) in [6.07, 6.45) is 3.87. The fourth-order valence-electron chi connectivity index (χ4n) is 3.41. The number of carbonyl (C=O) groups is 1. The SMILES string of the molecule is O=C(O)c1c[nH]c2cc(Cl)c(-c3ccc([C@H]4CCCN4)cc3)cc12. The summed E-state index contributed by atoms with van der Waals surface area (Å²) in [4.78, 5) is 14.3. The average molecular weight is 341 g/mol. The first-order chi connectivity index (χ1) is 11.6. The summed E-state index contributed by atoms with van der Waals surface area (Å²) in [5.74, 6) is -0.947. The second-order valence-electron chi connectivity index (χ2n) is 6.16. The van der Waals surface area contributed by atoms with Crippen LogP contribution in [0.25, 0.3) is 22.0 Å². The van der Waals surface area contributed by atoms with E-state index >= 15 is 0 Å². The molecule has 1 fully saturated rings. The molecule has 3 N–H and O–H groups in total. The van der Waals surface area contributed by atoms with E-state index in [0.717, 1.165) is 29.6 Å². The number of fused-ring (bicyclic) bond motifs is 1. The van der Waals surface area contributed by atoms with Crippen molar-refractivity contribution in [3.8, 4) is 11.1 Å². The first kappa shape index (κ1) is 15.2. The average Bonchev–Trinajstić information content (AvgIpc) is 3.23. The zero-order valence-corrected chi connectivity index (χ0v) is 13.7. The molecule has 2 aromatic carbocycles. The third kappa shape index (κ3) is 2.58. The molecule has 1 atom stereocenters. The molecule has 2 heterocycles. The predicted octanol–water partition coefficient (Wildman–Crippen LogP) is 4.61. The van der Waals surface area contributed by atoms with Gasteiger partial charge in [-0.05, 0) is 42.6 Å². The number of benzene rings is 2. The van der Waals surface area contributed by atoms with Crippen molar-refractivity contribution in [3.63, 3.8) is 0 Å². The lowest BCUT2D eigenvalue weighted by molar-refractivity contribution is 0.0699. The van der Waals surface area contributed by atoms with E-state index in [0.29, 0.717) is 16.5 Å². The number of aromatic nitrogens is 1. The van der Waals surface area contributed by atoms with Gasteiger partial charge in [0.15, 0.2) is 0 Å². The molecule has 4 nitrogen and oxygen atoms in total. The number of carboxylic acid groups (broad SMARTS) is 1. The Morgan fingerprint density at radius 3 is 2.67 bits per heavy atom. The standard InChI is InChI=1S/C19H17ClN2O2/c20-16-9-18-14(15(10-22-18)19(23)24)8-13(16)11-3-5-12(6-4-11)17-2-1-7-21-17/h3-6,8-10,17,21-22H,1-2,7H2,(H,23,24)/t17-/m1/s1. The minimum Gasteiger partial charge on any atom is -0.478 e. The predicted molar refractivity (Wildman–Crippen MR) is 95.7 cm³/mol. The van der Waals surface area contributed by atoms with Gasteiger partial charge in [0.05, 0.1) is 10.6 Å². The minimum atomic E-state index is -0.947. The molecule has 0 amide bonds. The molecule has 1 saturated heterocycles. The van der Waals surface area contributed by atoms with Crippen LogP contribution < -0.4 is 5.32 Å². The molecular formula is C19H17ClN2O2. The zero-order chi connectivity index (χ0) is 16.7. The number of halogens is 1. The van der Waals surface area contributed by atoms with Gasteiger partial charge in [-0.2, -0.15) is 0 Å². The summed E-state index contributed by atoms with van der Waals surface area (Å²) in [6, 6.07) is 12.4. The van der Waals surface area contributed by atoms with Crippen LogP contribution in [0.1, 0.15) is 34.8 Å². The molecule has 4 rings (SSSR count). The number of aromatic amines is 1. The van der Waals surface area contributed by atoms with Crippen LogP contribution in [0, 0.1) is 0 Å². The van der Waals surface area contributed by atoms with Gasteiger partial charge >= 0.3 is 5.97 Å². The highest BCUT2D eigenvalue weighted by Gasteiger charge is 2.17. The van der Waals surface area contributed by atoms with Gasteiger partial charge in [0.25, 0.3) is 0 Å². The zero-order valence-electron chi connectivity index (χ0n) is 13.0.